The van der Waals surface area contributed by atoms with Crippen LogP contribution in [0.2, 0.25) is 0 Å². The van der Waals surface area contributed by atoms with E-state index in [0.717, 1.165) is 41.8 Å². The lowest BCUT2D eigenvalue weighted by atomic mass is 9.91. The van der Waals surface area contributed by atoms with Crippen molar-refractivity contribution in [1.29, 1.82) is 0 Å². The van der Waals surface area contributed by atoms with Crippen molar-refractivity contribution in [3.8, 4) is 11.3 Å². The second kappa shape index (κ2) is 13.2. The first-order chi connectivity index (χ1) is 14.2. The second-order valence-electron chi connectivity index (χ2n) is 8.22. The Labute approximate surface area is 177 Å². The first kappa shape index (κ1) is 23.3. The first-order valence-corrected chi connectivity index (χ1v) is 11.6. The predicted octanol–water partition coefficient (Wildman–Crippen LogP) is 7.45. The van der Waals surface area contributed by atoms with Gasteiger partial charge in [0.25, 0.3) is 0 Å². The van der Waals surface area contributed by atoms with Gasteiger partial charge >= 0.3 is 0 Å². The summed E-state index contributed by atoms with van der Waals surface area (Å²) in [6, 6.07) is 7.79. The summed E-state index contributed by atoms with van der Waals surface area (Å²) in [7, 11) is 0. The SMILES string of the molecule is CCCCCCCCCCc1cnc(-c2ccccc2C(=O)C(C)CCC)cn1. The summed E-state index contributed by atoms with van der Waals surface area (Å²) in [6.07, 6.45) is 17.2. The third kappa shape index (κ3) is 7.72. The van der Waals surface area contributed by atoms with Crippen LogP contribution in [-0.2, 0) is 6.42 Å². The normalized spacial score (nSPS) is 12.1. The van der Waals surface area contributed by atoms with Crippen molar-refractivity contribution in [2.45, 2.75) is 91.4 Å². The largest absolute Gasteiger partial charge is 0.294 e. The van der Waals surface area contributed by atoms with Crippen LogP contribution in [0.25, 0.3) is 11.3 Å². The molecule has 0 aliphatic heterocycles. The minimum Gasteiger partial charge on any atom is -0.294 e. The lowest BCUT2D eigenvalue weighted by Crippen LogP contribution is -2.12. The summed E-state index contributed by atoms with van der Waals surface area (Å²) < 4.78 is 0. The van der Waals surface area contributed by atoms with Gasteiger partial charge in [-0.25, -0.2) is 0 Å². The lowest BCUT2D eigenvalue weighted by molar-refractivity contribution is 0.0924. The van der Waals surface area contributed by atoms with Crippen LogP contribution in [0.4, 0.5) is 0 Å². The van der Waals surface area contributed by atoms with Crippen molar-refractivity contribution in [1.82, 2.24) is 9.97 Å². The molecule has 1 aromatic carbocycles. The maximum atomic E-state index is 12.8. The monoisotopic (exact) mass is 394 g/mol. The Morgan fingerprint density at radius 1 is 0.862 bits per heavy atom. The number of Topliss-reactive ketones (excluding diaryl/α,β-unsaturated/α-hetero) is 1. The highest BCUT2D eigenvalue weighted by Crippen LogP contribution is 2.25. The molecular formula is C26H38N2O. The number of hydrogen-bond donors (Lipinski definition) is 0. The maximum absolute atomic E-state index is 12.8. The van der Waals surface area contributed by atoms with E-state index in [1.165, 1.54) is 51.4 Å². The molecule has 0 amide bonds. The van der Waals surface area contributed by atoms with E-state index in [2.05, 4.69) is 23.8 Å². The summed E-state index contributed by atoms with van der Waals surface area (Å²) >= 11 is 0. The van der Waals surface area contributed by atoms with Crippen LogP contribution in [0.5, 0.6) is 0 Å². The molecule has 0 bridgehead atoms. The van der Waals surface area contributed by atoms with Gasteiger partial charge in [-0.15, -0.1) is 0 Å². The van der Waals surface area contributed by atoms with Crippen molar-refractivity contribution in [2.75, 3.05) is 0 Å². The molecule has 29 heavy (non-hydrogen) atoms. The van der Waals surface area contributed by atoms with Gasteiger partial charge in [-0.05, 0) is 19.3 Å². The number of benzene rings is 1. The summed E-state index contributed by atoms with van der Waals surface area (Å²) in [5.41, 5.74) is 3.49. The Balaban J connectivity index is 1.90. The molecule has 0 saturated heterocycles. The zero-order valence-electron chi connectivity index (χ0n) is 18.6. The summed E-state index contributed by atoms with van der Waals surface area (Å²) in [5, 5.41) is 0. The zero-order valence-corrected chi connectivity index (χ0v) is 18.6. The van der Waals surface area contributed by atoms with Gasteiger partial charge in [0, 0.05) is 23.2 Å². The highest BCUT2D eigenvalue weighted by molar-refractivity contribution is 6.03. The Morgan fingerprint density at radius 3 is 2.21 bits per heavy atom. The Hall–Kier alpha value is -2.03. The van der Waals surface area contributed by atoms with Gasteiger partial charge in [0.15, 0.2) is 5.78 Å². The van der Waals surface area contributed by atoms with Gasteiger partial charge in [-0.1, -0.05) is 96.4 Å². The van der Waals surface area contributed by atoms with E-state index in [1.807, 2.05) is 43.6 Å². The number of carbonyl (C=O) groups excluding carboxylic acids is 1. The number of hydrogen-bond acceptors (Lipinski definition) is 3. The fourth-order valence-electron chi connectivity index (χ4n) is 3.81. The fraction of sp³-hybridized carbons (Fsp3) is 0.577. The van der Waals surface area contributed by atoms with Crippen LogP contribution in [0.1, 0.15) is 101 Å². The average Bonchev–Trinajstić information content (AvgIpc) is 2.75. The highest BCUT2D eigenvalue weighted by atomic mass is 16.1. The molecule has 0 radical (unpaired) electrons. The molecule has 0 spiro atoms. The third-order valence-electron chi connectivity index (χ3n) is 5.63. The minimum atomic E-state index is 0.0374. The van der Waals surface area contributed by atoms with Crippen LogP contribution in [0.15, 0.2) is 36.7 Å². The molecule has 0 aliphatic carbocycles. The number of carbonyl (C=O) groups is 1. The van der Waals surface area contributed by atoms with E-state index >= 15 is 0 Å². The van der Waals surface area contributed by atoms with Crippen molar-refractivity contribution in [2.24, 2.45) is 5.92 Å². The van der Waals surface area contributed by atoms with Crippen LogP contribution in [0.3, 0.4) is 0 Å². The number of rotatable bonds is 14. The molecular weight excluding hydrogens is 356 g/mol. The van der Waals surface area contributed by atoms with Gasteiger partial charge in [0.2, 0.25) is 0 Å². The molecule has 2 rings (SSSR count). The Kier molecular flexibility index (Phi) is 10.6. The molecule has 0 saturated carbocycles. The average molecular weight is 395 g/mol. The van der Waals surface area contributed by atoms with Gasteiger partial charge in [0.05, 0.1) is 17.6 Å². The topological polar surface area (TPSA) is 42.9 Å². The van der Waals surface area contributed by atoms with E-state index in [1.54, 1.807) is 0 Å². The summed E-state index contributed by atoms with van der Waals surface area (Å²) in [5.74, 6) is 0.239. The van der Waals surface area contributed by atoms with Crippen molar-refractivity contribution < 1.29 is 4.79 Å². The number of aryl methyl sites for hydroxylation is 1. The molecule has 158 valence electrons. The van der Waals surface area contributed by atoms with E-state index < -0.39 is 0 Å². The quantitative estimate of drug-likeness (QED) is 0.247. The van der Waals surface area contributed by atoms with E-state index in [0.29, 0.717) is 0 Å². The molecule has 0 fully saturated rings. The second-order valence-corrected chi connectivity index (χ2v) is 8.22. The van der Waals surface area contributed by atoms with E-state index in [9.17, 15) is 4.79 Å². The van der Waals surface area contributed by atoms with Crippen LogP contribution >= 0.6 is 0 Å². The third-order valence-corrected chi connectivity index (χ3v) is 5.63. The van der Waals surface area contributed by atoms with Crippen molar-refractivity contribution in [3.63, 3.8) is 0 Å². The van der Waals surface area contributed by atoms with Crippen LogP contribution in [0, 0.1) is 5.92 Å². The molecule has 0 N–H and O–H groups in total. The molecule has 1 heterocycles. The minimum absolute atomic E-state index is 0.0374. The van der Waals surface area contributed by atoms with Crippen molar-refractivity contribution in [3.05, 3.63) is 47.9 Å². The predicted molar refractivity (Wildman–Crippen MR) is 122 cm³/mol. The molecule has 0 aliphatic rings. The number of ketones is 1. The fourth-order valence-corrected chi connectivity index (χ4v) is 3.81. The zero-order chi connectivity index (χ0) is 20.9. The standard InChI is InChI=1S/C26H38N2O/c1-4-6-7-8-9-10-11-12-16-22-19-28-25(20-27-22)23-17-13-14-18-24(23)26(29)21(3)15-5-2/h13-14,17-21H,4-12,15-16H2,1-3H3. The Bertz CT molecular complexity index is 724. The smallest absolute Gasteiger partial charge is 0.166 e. The summed E-state index contributed by atoms with van der Waals surface area (Å²) in [4.78, 5) is 22.1. The summed E-state index contributed by atoms with van der Waals surface area (Å²) in [6.45, 7) is 6.39. The van der Waals surface area contributed by atoms with Crippen molar-refractivity contribution >= 4 is 5.78 Å². The maximum Gasteiger partial charge on any atom is 0.166 e. The molecule has 1 unspecified atom stereocenters. The van der Waals surface area contributed by atoms with Crippen LogP contribution in [-0.4, -0.2) is 15.8 Å². The molecule has 1 aromatic heterocycles. The molecule has 3 heteroatoms. The lowest BCUT2D eigenvalue weighted by Gasteiger charge is -2.13. The Morgan fingerprint density at radius 2 is 1.55 bits per heavy atom. The van der Waals surface area contributed by atoms with Crippen LogP contribution < -0.4 is 0 Å². The van der Waals surface area contributed by atoms with Gasteiger partial charge in [-0.2, -0.15) is 0 Å². The van der Waals surface area contributed by atoms with Gasteiger partial charge < -0.3 is 0 Å². The van der Waals surface area contributed by atoms with E-state index in [-0.39, 0.29) is 11.7 Å². The number of unbranched alkanes of at least 4 members (excludes halogenated alkanes) is 7. The number of aromatic nitrogens is 2. The molecule has 1 atom stereocenters. The van der Waals surface area contributed by atoms with Gasteiger partial charge in [-0.3, -0.25) is 14.8 Å². The highest BCUT2D eigenvalue weighted by Gasteiger charge is 2.18. The molecule has 2 aromatic rings. The molecule has 3 nitrogen and oxygen atoms in total. The number of nitrogens with zero attached hydrogens (tertiary/aromatic N) is 2. The first-order valence-electron chi connectivity index (χ1n) is 11.6. The van der Waals surface area contributed by atoms with Gasteiger partial charge in [0.1, 0.15) is 0 Å². The van der Waals surface area contributed by atoms with E-state index in [4.69, 9.17) is 0 Å².